The molecule has 1 saturated heterocycles. The Labute approximate surface area is 159 Å². The first-order valence-corrected chi connectivity index (χ1v) is 8.99. The number of hydrogen-bond acceptors (Lipinski definition) is 2. The molecule has 1 heterocycles. The zero-order valence-corrected chi connectivity index (χ0v) is 15.7. The third-order valence-electron chi connectivity index (χ3n) is 4.88. The van der Waals surface area contributed by atoms with E-state index in [4.69, 9.17) is 4.65 Å². The molecule has 3 rings (SSSR count). The summed E-state index contributed by atoms with van der Waals surface area (Å²) in [5.74, 6) is -0.573. The first-order chi connectivity index (χ1) is 12.9. The van der Waals surface area contributed by atoms with Crippen LogP contribution in [0.4, 0.5) is 4.32 Å². The number of rotatable bonds is 6. The van der Waals surface area contributed by atoms with Gasteiger partial charge in [0.1, 0.15) is 0 Å². The Morgan fingerprint density at radius 3 is 2.30 bits per heavy atom. The maximum Gasteiger partial charge on any atom is 0.568 e. The van der Waals surface area contributed by atoms with Crippen molar-refractivity contribution in [2.75, 3.05) is 14.1 Å². The van der Waals surface area contributed by atoms with Gasteiger partial charge < -0.3 is 13.5 Å². The van der Waals surface area contributed by atoms with E-state index >= 15 is 4.32 Å². The summed E-state index contributed by atoms with van der Waals surface area (Å²) in [6.45, 7) is 0.596. The summed E-state index contributed by atoms with van der Waals surface area (Å²) >= 11 is 0. The van der Waals surface area contributed by atoms with Gasteiger partial charge in [-0.05, 0) is 5.56 Å². The molecule has 2 atom stereocenters. The molecule has 0 unspecified atom stereocenters. The number of hydrogen-bond donors (Lipinski definition) is 0. The van der Waals surface area contributed by atoms with Crippen molar-refractivity contribution in [2.24, 2.45) is 0 Å². The van der Waals surface area contributed by atoms with E-state index in [1.165, 1.54) is 4.49 Å². The van der Waals surface area contributed by atoms with Gasteiger partial charge in [-0.15, -0.1) is 6.58 Å². The van der Waals surface area contributed by atoms with Crippen LogP contribution in [0.1, 0.15) is 12.0 Å². The SMILES string of the molecule is C=CC[C@]1(Cc2ccccc2)C(=O)O[B@-](F)(c2ccccc2)/[N+]1=C\N(C)C. The van der Waals surface area contributed by atoms with Gasteiger partial charge in [0.25, 0.3) is 0 Å². The van der Waals surface area contributed by atoms with E-state index in [1.807, 2.05) is 30.3 Å². The summed E-state index contributed by atoms with van der Waals surface area (Å²) in [4.78, 5) is 14.8. The van der Waals surface area contributed by atoms with E-state index in [0.29, 0.717) is 11.9 Å². The van der Waals surface area contributed by atoms with Gasteiger partial charge in [-0.1, -0.05) is 72.2 Å². The largest absolute Gasteiger partial charge is 0.619 e. The average Bonchev–Trinajstić information content (AvgIpc) is 2.85. The highest BCUT2D eigenvalue weighted by Gasteiger charge is 2.61. The van der Waals surface area contributed by atoms with Gasteiger partial charge in [0.2, 0.25) is 0 Å². The molecule has 0 N–H and O–H groups in total. The number of carbonyl (C=O) groups is 1. The molecule has 1 aliphatic heterocycles. The van der Waals surface area contributed by atoms with Crippen LogP contribution in [0.5, 0.6) is 0 Å². The topological polar surface area (TPSA) is 32.6 Å². The van der Waals surface area contributed by atoms with E-state index in [0.717, 1.165) is 5.56 Å². The Balaban J connectivity index is 2.19. The highest BCUT2D eigenvalue weighted by molar-refractivity contribution is 6.76. The van der Waals surface area contributed by atoms with Gasteiger partial charge in [-0.25, -0.2) is 0 Å². The molecule has 0 spiro atoms. The Hall–Kier alpha value is -2.89. The van der Waals surface area contributed by atoms with Crippen LogP contribution in [0.25, 0.3) is 0 Å². The van der Waals surface area contributed by atoms with Crippen molar-refractivity contribution in [2.45, 2.75) is 18.4 Å². The van der Waals surface area contributed by atoms with Crippen LogP contribution in [0.15, 0.2) is 73.3 Å². The van der Waals surface area contributed by atoms with Crippen LogP contribution in [0.2, 0.25) is 0 Å². The molecule has 0 aliphatic carbocycles. The molecule has 6 heteroatoms. The third-order valence-corrected chi connectivity index (χ3v) is 4.88. The number of benzene rings is 2. The number of carbonyl (C=O) groups excluding carboxylic acids is 1. The lowest BCUT2D eigenvalue weighted by Gasteiger charge is -2.33. The van der Waals surface area contributed by atoms with Crippen molar-refractivity contribution < 1.29 is 18.3 Å². The summed E-state index contributed by atoms with van der Waals surface area (Å²) in [6, 6.07) is 18.2. The van der Waals surface area contributed by atoms with Gasteiger partial charge in [0.15, 0.2) is 11.9 Å². The first kappa shape index (κ1) is 18.9. The van der Waals surface area contributed by atoms with Crippen LogP contribution in [0.3, 0.4) is 0 Å². The fraction of sp³-hybridized carbons (Fsp3) is 0.238. The molecule has 27 heavy (non-hydrogen) atoms. The van der Waals surface area contributed by atoms with Gasteiger partial charge in [-0.2, -0.15) is 0 Å². The number of nitrogens with zero attached hydrogens (tertiary/aromatic N) is 2. The fourth-order valence-electron chi connectivity index (χ4n) is 3.69. The van der Waals surface area contributed by atoms with Gasteiger partial charge in [-0.3, -0.25) is 9.69 Å². The van der Waals surface area contributed by atoms with Crippen molar-refractivity contribution in [3.63, 3.8) is 0 Å². The molecule has 0 saturated carbocycles. The zero-order valence-electron chi connectivity index (χ0n) is 15.7. The van der Waals surface area contributed by atoms with Gasteiger partial charge >= 0.3 is 12.7 Å². The summed E-state index contributed by atoms with van der Waals surface area (Å²) in [5.41, 5.74) is 0.0716. The lowest BCUT2D eigenvalue weighted by atomic mass is 9.65. The average molecular weight is 366 g/mol. The van der Waals surface area contributed by atoms with Crippen molar-refractivity contribution in [1.29, 1.82) is 0 Å². The second-order valence-corrected chi connectivity index (χ2v) is 7.14. The second kappa shape index (κ2) is 7.39. The molecular formula is C21H24BFN2O2. The van der Waals surface area contributed by atoms with E-state index in [9.17, 15) is 4.79 Å². The second-order valence-electron chi connectivity index (χ2n) is 7.14. The summed E-state index contributed by atoms with van der Waals surface area (Å²) in [6.07, 6.45) is 3.85. The van der Waals surface area contributed by atoms with Gasteiger partial charge in [0, 0.05) is 12.8 Å². The van der Waals surface area contributed by atoms with Crippen molar-refractivity contribution in [1.82, 2.24) is 4.90 Å². The third kappa shape index (κ3) is 3.39. The first-order valence-electron chi connectivity index (χ1n) is 8.99. The van der Waals surface area contributed by atoms with E-state index in [1.54, 1.807) is 61.7 Å². The zero-order chi connectivity index (χ0) is 19.5. The molecule has 1 fully saturated rings. The van der Waals surface area contributed by atoms with Crippen LogP contribution in [-0.2, 0) is 15.9 Å². The van der Waals surface area contributed by atoms with Gasteiger partial charge in [0.05, 0.1) is 14.1 Å². The smallest absolute Gasteiger partial charge is 0.568 e. The lowest BCUT2D eigenvalue weighted by molar-refractivity contribution is -0.479. The van der Waals surface area contributed by atoms with E-state index in [-0.39, 0.29) is 6.42 Å². The van der Waals surface area contributed by atoms with Crippen LogP contribution >= 0.6 is 0 Å². The molecule has 0 amide bonds. The molecule has 2 aromatic rings. The Kier molecular flexibility index (Phi) is 5.17. The minimum absolute atomic E-state index is 0.269. The maximum atomic E-state index is 16.3. The standard InChI is InChI=1S/C21H24BFN2O2/c1-4-15-21(16-18-11-7-5-8-12-18)20(26)27-22(23,25(21)17-24(2)3)19-13-9-6-10-14-19/h4-14,17H,1,15-16H2,2-3H3/b25-17-/t21-,22-/m0/s1. The maximum absolute atomic E-state index is 16.3. The highest BCUT2D eigenvalue weighted by Crippen LogP contribution is 2.36. The van der Waals surface area contributed by atoms with Crippen molar-refractivity contribution >= 4 is 24.5 Å². The normalized spacial score (nSPS) is 26.0. The Morgan fingerprint density at radius 2 is 1.74 bits per heavy atom. The van der Waals surface area contributed by atoms with Crippen LogP contribution in [0, 0.1) is 0 Å². The summed E-state index contributed by atoms with van der Waals surface area (Å²) in [7, 11) is 3.59. The minimum atomic E-state index is -3.21. The molecule has 0 bridgehead atoms. The lowest BCUT2D eigenvalue weighted by Crippen LogP contribution is -2.59. The van der Waals surface area contributed by atoms with E-state index < -0.39 is 18.3 Å². The molecule has 4 nitrogen and oxygen atoms in total. The molecule has 0 radical (unpaired) electrons. The molecule has 0 aromatic heterocycles. The fourth-order valence-corrected chi connectivity index (χ4v) is 3.69. The monoisotopic (exact) mass is 366 g/mol. The van der Waals surface area contributed by atoms with Crippen molar-refractivity contribution in [3.05, 3.63) is 78.9 Å². The highest BCUT2D eigenvalue weighted by atomic mass is 19.1. The summed E-state index contributed by atoms with van der Waals surface area (Å²) < 4.78 is 23.2. The molecule has 140 valence electrons. The Morgan fingerprint density at radius 1 is 1.15 bits per heavy atom. The predicted molar refractivity (Wildman–Crippen MR) is 107 cm³/mol. The van der Waals surface area contributed by atoms with Crippen LogP contribution in [-0.4, -0.2) is 48.1 Å². The summed E-state index contributed by atoms with van der Waals surface area (Å²) in [5, 5.41) is 0. The number of halogens is 1. The quantitative estimate of drug-likeness (QED) is 0.448. The van der Waals surface area contributed by atoms with Crippen LogP contribution < -0.4 is 5.46 Å². The molecule has 1 aliphatic rings. The predicted octanol–water partition coefficient (Wildman–Crippen LogP) is 2.52. The Bertz CT molecular complexity index is 857. The molecular weight excluding hydrogens is 342 g/mol. The minimum Gasteiger partial charge on any atom is -0.619 e. The molecule has 2 aromatic carbocycles. The van der Waals surface area contributed by atoms with E-state index in [2.05, 4.69) is 6.58 Å². The van der Waals surface area contributed by atoms with Crippen molar-refractivity contribution in [3.8, 4) is 0 Å².